The Balaban J connectivity index is 1.91. The molecule has 1 heterocycles. The van der Waals surface area contributed by atoms with E-state index < -0.39 is 0 Å². The second-order valence-corrected chi connectivity index (χ2v) is 6.03. The van der Waals surface area contributed by atoms with Crippen molar-refractivity contribution in [3.63, 3.8) is 0 Å². The lowest BCUT2D eigenvalue weighted by Gasteiger charge is -2.25. The van der Waals surface area contributed by atoms with Crippen LogP contribution in [-0.4, -0.2) is 25.5 Å². The molecule has 1 unspecified atom stereocenters. The van der Waals surface area contributed by atoms with Gasteiger partial charge in [-0.25, -0.2) is 0 Å². The molecule has 1 amide bonds. The summed E-state index contributed by atoms with van der Waals surface area (Å²) in [5.74, 6) is 1.33. The van der Waals surface area contributed by atoms with E-state index >= 15 is 0 Å². The quantitative estimate of drug-likeness (QED) is 0.866. The summed E-state index contributed by atoms with van der Waals surface area (Å²) in [4.78, 5) is 12.2. The summed E-state index contributed by atoms with van der Waals surface area (Å²) in [7, 11) is 0. The zero-order valence-corrected chi connectivity index (χ0v) is 12.6. The summed E-state index contributed by atoms with van der Waals surface area (Å²) >= 11 is 0. The highest BCUT2D eigenvalue weighted by atomic mass is 16.1. The number of piperidine rings is 1. The number of carbonyl (C=O) groups is 1. The molecule has 0 bridgehead atoms. The third kappa shape index (κ3) is 4.07. The van der Waals surface area contributed by atoms with Crippen LogP contribution in [0.3, 0.4) is 0 Å². The Morgan fingerprint density at radius 2 is 1.90 bits per heavy atom. The SMILES string of the molecule is CC(C)C(CNC(=O)C1CCNCC1)c1ccccc1. The fraction of sp³-hybridized carbons (Fsp3) is 0.588. The summed E-state index contributed by atoms with van der Waals surface area (Å²) in [6.07, 6.45) is 1.92. The summed E-state index contributed by atoms with van der Waals surface area (Å²) in [6.45, 7) is 7.10. The minimum absolute atomic E-state index is 0.194. The average Bonchev–Trinajstić information content (AvgIpc) is 2.49. The highest BCUT2D eigenvalue weighted by Crippen LogP contribution is 2.23. The second kappa shape index (κ2) is 7.44. The van der Waals surface area contributed by atoms with Gasteiger partial charge in [-0.15, -0.1) is 0 Å². The van der Waals surface area contributed by atoms with Gasteiger partial charge in [0.1, 0.15) is 0 Å². The molecule has 110 valence electrons. The van der Waals surface area contributed by atoms with Crippen molar-refractivity contribution in [3.8, 4) is 0 Å². The molecule has 1 saturated heterocycles. The summed E-state index contributed by atoms with van der Waals surface area (Å²) < 4.78 is 0. The molecule has 1 aromatic carbocycles. The van der Waals surface area contributed by atoms with Gasteiger partial charge >= 0.3 is 0 Å². The third-order valence-corrected chi connectivity index (χ3v) is 4.24. The van der Waals surface area contributed by atoms with E-state index in [0.29, 0.717) is 11.8 Å². The van der Waals surface area contributed by atoms with Crippen molar-refractivity contribution in [2.24, 2.45) is 11.8 Å². The zero-order chi connectivity index (χ0) is 14.4. The van der Waals surface area contributed by atoms with E-state index in [-0.39, 0.29) is 11.8 Å². The third-order valence-electron chi connectivity index (χ3n) is 4.24. The van der Waals surface area contributed by atoms with Crippen molar-refractivity contribution >= 4 is 5.91 Å². The first-order valence-electron chi connectivity index (χ1n) is 7.72. The average molecular weight is 274 g/mol. The van der Waals surface area contributed by atoms with Crippen LogP contribution in [0.15, 0.2) is 30.3 Å². The molecule has 0 aliphatic carbocycles. The number of benzene rings is 1. The fourth-order valence-corrected chi connectivity index (χ4v) is 2.88. The Morgan fingerprint density at radius 3 is 2.50 bits per heavy atom. The van der Waals surface area contributed by atoms with E-state index in [1.54, 1.807) is 0 Å². The molecule has 0 radical (unpaired) electrons. The Hall–Kier alpha value is -1.35. The van der Waals surface area contributed by atoms with Crippen molar-refractivity contribution in [1.82, 2.24) is 10.6 Å². The van der Waals surface area contributed by atoms with Crippen molar-refractivity contribution in [2.45, 2.75) is 32.6 Å². The van der Waals surface area contributed by atoms with Crippen LogP contribution in [0.1, 0.15) is 38.2 Å². The van der Waals surface area contributed by atoms with Gasteiger partial charge in [-0.3, -0.25) is 4.79 Å². The first-order chi connectivity index (χ1) is 9.68. The van der Waals surface area contributed by atoms with Gasteiger partial charge in [-0.2, -0.15) is 0 Å². The lowest BCUT2D eigenvalue weighted by Crippen LogP contribution is -2.40. The van der Waals surface area contributed by atoms with Crippen LogP contribution < -0.4 is 10.6 Å². The van der Waals surface area contributed by atoms with Crippen LogP contribution in [0.25, 0.3) is 0 Å². The Kier molecular flexibility index (Phi) is 5.60. The number of amides is 1. The first kappa shape index (κ1) is 15.0. The number of nitrogens with one attached hydrogen (secondary N) is 2. The molecular formula is C17H26N2O. The van der Waals surface area contributed by atoms with Crippen LogP contribution in [0.4, 0.5) is 0 Å². The normalized spacial score (nSPS) is 17.9. The zero-order valence-electron chi connectivity index (χ0n) is 12.6. The van der Waals surface area contributed by atoms with Crippen molar-refractivity contribution < 1.29 is 4.79 Å². The minimum Gasteiger partial charge on any atom is -0.355 e. The standard InChI is InChI=1S/C17H26N2O/c1-13(2)16(14-6-4-3-5-7-14)12-19-17(20)15-8-10-18-11-9-15/h3-7,13,15-16,18H,8-12H2,1-2H3,(H,19,20). The maximum Gasteiger partial charge on any atom is 0.223 e. The Bertz CT molecular complexity index is 410. The second-order valence-electron chi connectivity index (χ2n) is 6.03. The van der Waals surface area contributed by atoms with Gasteiger partial charge in [-0.1, -0.05) is 44.2 Å². The maximum atomic E-state index is 12.2. The smallest absolute Gasteiger partial charge is 0.223 e. The summed E-state index contributed by atoms with van der Waals surface area (Å²) in [5, 5.41) is 6.46. The fourth-order valence-electron chi connectivity index (χ4n) is 2.88. The topological polar surface area (TPSA) is 41.1 Å². The van der Waals surface area contributed by atoms with Crippen molar-refractivity contribution in [3.05, 3.63) is 35.9 Å². The highest BCUT2D eigenvalue weighted by molar-refractivity contribution is 5.78. The van der Waals surface area contributed by atoms with Gasteiger partial charge < -0.3 is 10.6 Å². The molecule has 0 saturated carbocycles. The lowest BCUT2D eigenvalue weighted by atomic mass is 9.88. The van der Waals surface area contributed by atoms with Crippen molar-refractivity contribution in [2.75, 3.05) is 19.6 Å². The number of hydrogen-bond acceptors (Lipinski definition) is 2. The molecular weight excluding hydrogens is 248 g/mol. The van der Waals surface area contributed by atoms with Gasteiger partial charge in [0.05, 0.1) is 0 Å². The molecule has 1 aliphatic rings. The van der Waals surface area contributed by atoms with Gasteiger partial charge in [0.25, 0.3) is 0 Å². The molecule has 3 heteroatoms. The Labute approximate surface area is 122 Å². The minimum atomic E-state index is 0.194. The monoisotopic (exact) mass is 274 g/mol. The predicted molar refractivity (Wildman–Crippen MR) is 82.6 cm³/mol. The molecule has 3 nitrogen and oxygen atoms in total. The Morgan fingerprint density at radius 1 is 1.25 bits per heavy atom. The van der Waals surface area contributed by atoms with Crippen molar-refractivity contribution in [1.29, 1.82) is 0 Å². The first-order valence-corrected chi connectivity index (χ1v) is 7.72. The summed E-state index contributed by atoms with van der Waals surface area (Å²) in [5.41, 5.74) is 1.31. The van der Waals surface area contributed by atoms with Crippen LogP contribution in [0.5, 0.6) is 0 Å². The molecule has 1 atom stereocenters. The number of hydrogen-bond donors (Lipinski definition) is 2. The van der Waals surface area contributed by atoms with Gasteiger partial charge in [0.15, 0.2) is 0 Å². The molecule has 1 fully saturated rings. The van der Waals surface area contributed by atoms with Gasteiger partial charge in [0, 0.05) is 18.4 Å². The molecule has 1 aromatic rings. The van der Waals surface area contributed by atoms with E-state index in [1.165, 1.54) is 5.56 Å². The van der Waals surface area contributed by atoms with E-state index in [4.69, 9.17) is 0 Å². The largest absolute Gasteiger partial charge is 0.355 e. The van der Waals surface area contributed by atoms with Gasteiger partial charge in [-0.05, 0) is 37.4 Å². The van der Waals surface area contributed by atoms with Gasteiger partial charge in [0.2, 0.25) is 5.91 Å². The van der Waals surface area contributed by atoms with Crippen LogP contribution >= 0.6 is 0 Å². The van der Waals surface area contributed by atoms with E-state index in [9.17, 15) is 4.79 Å². The van der Waals surface area contributed by atoms with Crippen LogP contribution in [-0.2, 0) is 4.79 Å². The molecule has 0 spiro atoms. The van der Waals surface area contributed by atoms with E-state index in [0.717, 1.165) is 32.5 Å². The molecule has 1 aliphatic heterocycles. The maximum absolute atomic E-state index is 12.2. The molecule has 20 heavy (non-hydrogen) atoms. The van der Waals surface area contributed by atoms with E-state index in [2.05, 4.69) is 48.7 Å². The molecule has 2 N–H and O–H groups in total. The number of rotatable bonds is 5. The summed E-state index contributed by atoms with van der Waals surface area (Å²) in [6, 6.07) is 10.5. The lowest BCUT2D eigenvalue weighted by molar-refractivity contribution is -0.125. The van der Waals surface area contributed by atoms with Crippen LogP contribution in [0.2, 0.25) is 0 Å². The molecule has 0 aromatic heterocycles. The van der Waals surface area contributed by atoms with E-state index in [1.807, 2.05) is 6.07 Å². The predicted octanol–water partition coefficient (Wildman–Crippen LogP) is 2.54. The van der Waals surface area contributed by atoms with Crippen LogP contribution in [0, 0.1) is 11.8 Å². The molecule has 2 rings (SSSR count). The number of carbonyl (C=O) groups excluding carboxylic acids is 1. The highest BCUT2D eigenvalue weighted by Gasteiger charge is 2.22.